The van der Waals surface area contributed by atoms with Crippen molar-refractivity contribution in [3.05, 3.63) is 71.4 Å². The molecule has 4 rings (SSSR count). The van der Waals surface area contributed by atoms with Crippen molar-refractivity contribution in [3.63, 3.8) is 0 Å². The van der Waals surface area contributed by atoms with Crippen molar-refractivity contribution in [2.24, 2.45) is 0 Å². The normalized spacial score (nSPS) is 16.4. The van der Waals surface area contributed by atoms with Gasteiger partial charge < -0.3 is 14.2 Å². The minimum absolute atomic E-state index is 0.0734. The van der Waals surface area contributed by atoms with Crippen LogP contribution >= 0.6 is 11.3 Å². The fraction of sp³-hybridized carbons (Fsp3) is 0.211. The molecule has 1 aliphatic rings. The van der Waals surface area contributed by atoms with Crippen LogP contribution in [0.25, 0.3) is 0 Å². The molecular weight excluding hydrogens is 334 g/mol. The van der Waals surface area contributed by atoms with Crippen LogP contribution in [0.4, 0.5) is 9.80 Å². The number of thiophene rings is 1. The van der Waals surface area contributed by atoms with E-state index in [0.717, 1.165) is 28.6 Å². The molecule has 25 heavy (non-hydrogen) atoms. The van der Waals surface area contributed by atoms with Gasteiger partial charge in [-0.1, -0.05) is 12.1 Å². The van der Waals surface area contributed by atoms with Crippen molar-refractivity contribution in [1.29, 1.82) is 0 Å². The molecule has 0 radical (unpaired) electrons. The molecule has 3 aromatic rings. The molecule has 1 aromatic carbocycles. The fourth-order valence-corrected chi connectivity index (χ4v) is 3.87. The molecule has 1 N–H and O–H groups in total. The number of fused-ring (bicyclic) bond motifs is 1. The predicted molar refractivity (Wildman–Crippen MR) is 99.3 cm³/mol. The van der Waals surface area contributed by atoms with E-state index in [1.54, 1.807) is 7.11 Å². The molecule has 1 aliphatic heterocycles. The van der Waals surface area contributed by atoms with Gasteiger partial charge in [-0.3, -0.25) is 5.32 Å². The average Bonchev–Trinajstić information content (AvgIpc) is 3.32. The molecule has 2 amide bonds. The first-order valence-corrected chi connectivity index (χ1v) is 9.04. The van der Waals surface area contributed by atoms with Crippen molar-refractivity contribution in [2.45, 2.75) is 12.6 Å². The van der Waals surface area contributed by atoms with Crippen LogP contribution in [0.5, 0.6) is 5.75 Å². The molecule has 0 fully saturated rings. The first-order chi connectivity index (χ1) is 12.3. The Hall–Kier alpha value is -2.73. The highest BCUT2D eigenvalue weighted by atomic mass is 32.1. The third-order valence-electron chi connectivity index (χ3n) is 4.48. The number of carbonyl (C=O) groups is 1. The second-order valence-corrected chi connectivity index (χ2v) is 6.85. The van der Waals surface area contributed by atoms with Crippen LogP contribution in [0.15, 0.2) is 60.1 Å². The summed E-state index contributed by atoms with van der Waals surface area (Å²) in [7, 11) is 1.65. The SMILES string of the molecule is COc1ccc([C@H]2c3cccn3CCN2C(=O)Nc2cccs2)cc1. The lowest BCUT2D eigenvalue weighted by molar-refractivity contribution is 0.182. The quantitative estimate of drug-likeness (QED) is 0.767. The molecule has 0 saturated heterocycles. The average molecular weight is 353 g/mol. The second kappa shape index (κ2) is 6.64. The Morgan fingerprint density at radius 2 is 2.00 bits per heavy atom. The lowest BCUT2D eigenvalue weighted by atomic mass is 10.00. The van der Waals surface area contributed by atoms with E-state index in [0.29, 0.717) is 6.54 Å². The zero-order chi connectivity index (χ0) is 17.2. The number of ether oxygens (including phenoxy) is 1. The number of benzene rings is 1. The number of hydrogen-bond donors (Lipinski definition) is 1. The highest BCUT2D eigenvalue weighted by Gasteiger charge is 2.32. The van der Waals surface area contributed by atoms with E-state index in [2.05, 4.69) is 22.1 Å². The van der Waals surface area contributed by atoms with Gasteiger partial charge in [0.2, 0.25) is 0 Å². The van der Waals surface area contributed by atoms with Crippen LogP contribution in [-0.4, -0.2) is 29.2 Å². The lowest BCUT2D eigenvalue weighted by Gasteiger charge is -2.37. The molecule has 5 nitrogen and oxygen atoms in total. The standard InChI is InChI=1S/C19H19N3O2S/c1-24-15-8-6-14(7-9-15)18-16-4-2-10-21(16)11-12-22(18)19(23)20-17-5-3-13-25-17/h2-10,13,18H,11-12H2,1H3,(H,20,23)/t18-/m0/s1. The number of amides is 2. The monoisotopic (exact) mass is 353 g/mol. The number of hydrogen-bond acceptors (Lipinski definition) is 3. The first kappa shape index (κ1) is 15.8. The number of carbonyl (C=O) groups excluding carboxylic acids is 1. The van der Waals surface area contributed by atoms with Gasteiger partial charge in [-0.2, -0.15) is 0 Å². The van der Waals surface area contributed by atoms with Crippen LogP contribution in [0.1, 0.15) is 17.3 Å². The Bertz CT molecular complexity index is 855. The van der Waals surface area contributed by atoms with Gasteiger partial charge in [0.15, 0.2) is 0 Å². The van der Waals surface area contributed by atoms with Crippen LogP contribution < -0.4 is 10.1 Å². The van der Waals surface area contributed by atoms with E-state index >= 15 is 0 Å². The van der Waals surface area contributed by atoms with Gasteiger partial charge in [0, 0.05) is 25.0 Å². The van der Waals surface area contributed by atoms with E-state index in [1.807, 2.05) is 52.7 Å². The van der Waals surface area contributed by atoms with Gasteiger partial charge in [0.1, 0.15) is 5.75 Å². The van der Waals surface area contributed by atoms with Gasteiger partial charge >= 0.3 is 6.03 Å². The van der Waals surface area contributed by atoms with E-state index in [-0.39, 0.29) is 12.1 Å². The molecule has 0 aliphatic carbocycles. The number of anilines is 1. The third-order valence-corrected chi connectivity index (χ3v) is 5.27. The second-order valence-electron chi connectivity index (χ2n) is 5.90. The first-order valence-electron chi connectivity index (χ1n) is 8.16. The maximum atomic E-state index is 12.9. The number of rotatable bonds is 3. The Morgan fingerprint density at radius 1 is 1.16 bits per heavy atom. The minimum Gasteiger partial charge on any atom is -0.497 e. The highest BCUT2D eigenvalue weighted by Crippen LogP contribution is 2.33. The minimum atomic E-state index is -0.116. The molecule has 0 unspecified atom stereocenters. The zero-order valence-electron chi connectivity index (χ0n) is 13.9. The largest absolute Gasteiger partial charge is 0.497 e. The summed E-state index contributed by atoms with van der Waals surface area (Å²) in [5.41, 5.74) is 2.19. The van der Waals surface area contributed by atoms with Gasteiger partial charge in [0.25, 0.3) is 0 Å². The maximum Gasteiger partial charge on any atom is 0.323 e. The molecule has 0 bridgehead atoms. The summed E-state index contributed by atoms with van der Waals surface area (Å²) in [4.78, 5) is 14.8. The van der Waals surface area contributed by atoms with Crippen LogP contribution in [0.2, 0.25) is 0 Å². The summed E-state index contributed by atoms with van der Waals surface area (Å²) in [5.74, 6) is 0.810. The number of urea groups is 1. The van der Waals surface area contributed by atoms with E-state index in [1.165, 1.54) is 11.3 Å². The predicted octanol–water partition coefficient (Wildman–Crippen LogP) is 4.20. The maximum absolute atomic E-state index is 12.9. The molecular formula is C19H19N3O2S. The molecule has 0 saturated carbocycles. The lowest BCUT2D eigenvalue weighted by Crippen LogP contribution is -2.44. The van der Waals surface area contributed by atoms with Crippen molar-refractivity contribution < 1.29 is 9.53 Å². The molecule has 6 heteroatoms. The number of nitrogens with one attached hydrogen (secondary N) is 1. The Morgan fingerprint density at radius 3 is 2.72 bits per heavy atom. The van der Waals surface area contributed by atoms with Gasteiger partial charge in [-0.05, 0) is 47.3 Å². The van der Waals surface area contributed by atoms with Crippen LogP contribution in [0, 0.1) is 0 Å². The third kappa shape index (κ3) is 3.00. The summed E-state index contributed by atoms with van der Waals surface area (Å²) in [6, 6.07) is 15.7. The Balaban J connectivity index is 1.68. The van der Waals surface area contributed by atoms with E-state index in [4.69, 9.17) is 4.74 Å². The molecule has 1 atom stereocenters. The summed E-state index contributed by atoms with van der Waals surface area (Å²) in [5, 5.41) is 5.83. The zero-order valence-corrected chi connectivity index (χ0v) is 14.7. The van der Waals surface area contributed by atoms with E-state index < -0.39 is 0 Å². The Labute approximate surface area is 150 Å². The van der Waals surface area contributed by atoms with Crippen molar-refractivity contribution in [1.82, 2.24) is 9.47 Å². The van der Waals surface area contributed by atoms with Crippen molar-refractivity contribution in [2.75, 3.05) is 19.0 Å². The summed E-state index contributed by atoms with van der Waals surface area (Å²) >= 11 is 1.52. The van der Waals surface area contributed by atoms with Crippen molar-refractivity contribution >= 4 is 22.4 Å². The van der Waals surface area contributed by atoms with Gasteiger partial charge in [-0.15, -0.1) is 11.3 Å². The van der Waals surface area contributed by atoms with Crippen LogP contribution in [0.3, 0.4) is 0 Å². The van der Waals surface area contributed by atoms with Crippen LogP contribution in [-0.2, 0) is 6.54 Å². The fourth-order valence-electron chi connectivity index (χ4n) is 3.27. The smallest absolute Gasteiger partial charge is 0.323 e. The van der Waals surface area contributed by atoms with Gasteiger partial charge in [0.05, 0.1) is 18.2 Å². The summed E-state index contributed by atoms with van der Waals surface area (Å²) < 4.78 is 7.47. The highest BCUT2D eigenvalue weighted by molar-refractivity contribution is 7.14. The number of aromatic nitrogens is 1. The molecule has 128 valence electrons. The summed E-state index contributed by atoms with van der Waals surface area (Å²) in [6.07, 6.45) is 2.07. The molecule has 3 heterocycles. The van der Waals surface area contributed by atoms with Crippen molar-refractivity contribution in [3.8, 4) is 5.75 Å². The molecule has 2 aromatic heterocycles. The number of methoxy groups -OCH3 is 1. The van der Waals surface area contributed by atoms with E-state index in [9.17, 15) is 4.79 Å². The van der Waals surface area contributed by atoms with Gasteiger partial charge in [-0.25, -0.2) is 4.79 Å². The summed E-state index contributed by atoms with van der Waals surface area (Å²) in [6.45, 7) is 1.46. The molecule has 0 spiro atoms. The Kier molecular flexibility index (Phi) is 4.19. The number of nitrogens with zero attached hydrogens (tertiary/aromatic N) is 2. The topological polar surface area (TPSA) is 46.5 Å².